The predicted octanol–water partition coefficient (Wildman–Crippen LogP) is 4.02. The summed E-state index contributed by atoms with van der Waals surface area (Å²) in [5, 5.41) is 7.69. The van der Waals surface area contributed by atoms with Crippen LogP contribution in [0.2, 0.25) is 0 Å². The molecule has 8 heteroatoms. The van der Waals surface area contributed by atoms with Crippen molar-refractivity contribution in [3.63, 3.8) is 0 Å². The van der Waals surface area contributed by atoms with Gasteiger partial charge in [0.2, 0.25) is 5.95 Å². The second kappa shape index (κ2) is 9.60. The molecule has 0 saturated carbocycles. The molecule has 2 fully saturated rings. The predicted molar refractivity (Wildman–Crippen MR) is 133 cm³/mol. The Kier molecular flexibility index (Phi) is 6.43. The van der Waals surface area contributed by atoms with E-state index in [-0.39, 0.29) is 6.10 Å². The van der Waals surface area contributed by atoms with E-state index in [0.29, 0.717) is 5.95 Å². The first kappa shape index (κ1) is 21.4. The van der Waals surface area contributed by atoms with E-state index in [1.807, 2.05) is 18.3 Å². The van der Waals surface area contributed by atoms with Crippen molar-refractivity contribution in [1.82, 2.24) is 20.2 Å². The van der Waals surface area contributed by atoms with Crippen molar-refractivity contribution in [1.29, 1.82) is 0 Å². The van der Waals surface area contributed by atoms with Crippen molar-refractivity contribution in [2.75, 3.05) is 56.5 Å². The fourth-order valence-electron chi connectivity index (χ4n) is 4.26. The SMILES string of the molecule is CN1CCN(c2ccc(Nc3ncc4c(Br)ccc(OC5CCNCC5)c4n3)cc2)CC1. The number of benzene rings is 2. The van der Waals surface area contributed by atoms with E-state index >= 15 is 0 Å². The summed E-state index contributed by atoms with van der Waals surface area (Å²) in [6.07, 6.45) is 4.08. The van der Waals surface area contributed by atoms with Crippen LogP contribution in [0.4, 0.5) is 17.3 Å². The highest BCUT2D eigenvalue weighted by molar-refractivity contribution is 9.10. The lowest BCUT2D eigenvalue weighted by molar-refractivity contribution is 0.164. The number of nitrogens with zero attached hydrogens (tertiary/aromatic N) is 4. The highest BCUT2D eigenvalue weighted by atomic mass is 79.9. The Labute approximate surface area is 197 Å². The number of nitrogens with one attached hydrogen (secondary N) is 2. The molecule has 0 atom stereocenters. The zero-order chi connectivity index (χ0) is 21.9. The van der Waals surface area contributed by atoms with Crippen molar-refractivity contribution >= 4 is 44.2 Å². The standard InChI is InChI=1S/C24H29BrN6O/c1-30-12-14-31(15-13-30)18-4-2-17(3-5-18)28-24-27-16-20-21(25)6-7-22(23(20)29-24)32-19-8-10-26-11-9-19/h2-7,16,19,26H,8-15H2,1H3,(H,27,28,29). The quantitative estimate of drug-likeness (QED) is 0.552. The smallest absolute Gasteiger partial charge is 0.227 e. The second-order valence-corrected chi connectivity index (χ2v) is 9.39. The molecule has 0 bridgehead atoms. The fraction of sp³-hybridized carbons (Fsp3) is 0.417. The van der Waals surface area contributed by atoms with Gasteiger partial charge in [0, 0.05) is 53.6 Å². The van der Waals surface area contributed by atoms with Gasteiger partial charge < -0.3 is 25.2 Å². The Bertz CT molecular complexity index is 1060. The number of halogens is 1. The van der Waals surface area contributed by atoms with Crippen LogP contribution in [0.1, 0.15) is 12.8 Å². The number of rotatable bonds is 5. The summed E-state index contributed by atoms with van der Waals surface area (Å²) >= 11 is 3.62. The number of piperazine rings is 1. The molecule has 0 radical (unpaired) electrons. The van der Waals surface area contributed by atoms with Crippen LogP contribution in [-0.4, -0.2) is 67.3 Å². The number of likely N-dealkylation sites (N-methyl/N-ethyl adjacent to an activating group) is 1. The number of piperidine rings is 1. The van der Waals surface area contributed by atoms with Gasteiger partial charge in [-0.2, -0.15) is 0 Å². The van der Waals surface area contributed by atoms with Gasteiger partial charge in [0.05, 0.1) is 0 Å². The van der Waals surface area contributed by atoms with Crippen molar-refractivity contribution in [3.05, 3.63) is 47.1 Å². The van der Waals surface area contributed by atoms with Gasteiger partial charge in [-0.05, 0) is 69.4 Å². The third-order valence-electron chi connectivity index (χ3n) is 6.23. The van der Waals surface area contributed by atoms with E-state index in [2.05, 4.69) is 72.7 Å². The molecule has 2 saturated heterocycles. The average Bonchev–Trinajstić information content (AvgIpc) is 2.83. The lowest BCUT2D eigenvalue weighted by Crippen LogP contribution is -2.44. The van der Waals surface area contributed by atoms with Crippen molar-refractivity contribution < 1.29 is 4.74 Å². The lowest BCUT2D eigenvalue weighted by atomic mass is 10.1. The molecule has 0 unspecified atom stereocenters. The lowest BCUT2D eigenvalue weighted by Gasteiger charge is -2.34. The Morgan fingerprint density at radius 3 is 2.53 bits per heavy atom. The Morgan fingerprint density at radius 1 is 1.03 bits per heavy atom. The van der Waals surface area contributed by atoms with Crippen molar-refractivity contribution in [2.24, 2.45) is 0 Å². The molecule has 2 aliphatic rings. The van der Waals surface area contributed by atoms with Crippen LogP contribution in [0.5, 0.6) is 5.75 Å². The zero-order valence-electron chi connectivity index (χ0n) is 18.4. The molecule has 2 aromatic carbocycles. The van der Waals surface area contributed by atoms with Crippen LogP contribution < -0.4 is 20.3 Å². The average molecular weight is 497 g/mol. The van der Waals surface area contributed by atoms with Crippen LogP contribution in [0.25, 0.3) is 10.9 Å². The number of aromatic nitrogens is 2. The van der Waals surface area contributed by atoms with Gasteiger partial charge in [0.15, 0.2) is 0 Å². The van der Waals surface area contributed by atoms with Crippen LogP contribution in [0.15, 0.2) is 47.1 Å². The van der Waals surface area contributed by atoms with Crippen LogP contribution in [0, 0.1) is 0 Å². The second-order valence-electron chi connectivity index (χ2n) is 8.53. The Balaban J connectivity index is 1.34. The van der Waals surface area contributed by atoms with E-state index in [1.165, 1.54) is 5.69 Å². The van der Waals surface area contributed by atoms with E-state index in [0.717, 1.165) is 78.9 Å². The molecule has 32 heavy (non-hydrogen) atoms. The van der Waals surface area contributed by atoms with Gasteiger partial charge in [0.1, 0.15) is 17.4 Å². The number of hydrogen-bond acceptors (Lipinski definition) is 7. The number of fused-ring (bicyclic) bond motifs is 1. The number of hydrogen-bond donors (Lipinski definition) is 2. The molecule has 2 N–H and O–H groups in total. The van der Waals surface area contributed by atoms with Crippen LogP contribution in [0.3, 0.4) is 0 Å². The molecular formula is C24H29BrN6O. The van der Waals surface area contributed by atoms with Gasteiger partial charge in [-0.1, -0.05) is 15.9 Å². The van der Waals surface area contributed by atoms with E-state index in [4.69, 9.17) is 9.72 Å². The highest BCUT2D eigenvalue weighted by Crippen LogP contribution is 2.32. The maximum atomic E-state index is 6.33. The van der Waals surface area contributed by atoms with E-state index < -0.39 is 0 Å². The van der Waals surface area contributed by atoms with Gasteiger partial charge in [-0.3, -0.25) is 0 Å². The first-order valence-electron chi connectivity index (χ1n) is 11.3. The number of anilines is 3. The molecular weight excluding hydrogens is 468 g/mol. The van der Waals surface area contributed by atoms with Crippen molar-refractivity contribution in [3.8, 4) is 5.75 Å². The Hall–Kier alpha value is -2.42. The molecule has 5 rings (SSSR count). The molecule has 2 aliphatic heterocycles. The third-order valence-corrected chi connectivity index (χ3v) is 6.92. The maximum absolute atomic E-state index is 6.33. The first-order valence-corrected chi connectivity index (χ1v) is 12.1. The molecule has 3 heterocycles. The van der Waals surface area contributed by atoms with E-state index in [1.54, 1.807) is 0 Å². The fourth-order valence-corrected chi connectivity index (χ4v) is 4.68. The minimum absolute atomic E-state index is 0.217. The Morgan fingerprint density at radius 2 is 1.78 bits per heavy atom. The van der Waals surface area contributed by atoms with Crippen LogP contribution in [-0.2, 0) is 0 Å². The van der Waals surface area contributed by atoms with E-state index in [9.17, 15) is 0 Å². The molecule has 168 valence electrons. The minimum Gasteiger partial charge on any atom is -0.488 e. The maximum Gasteiger partial charge on any atom is 0.227 e. The molecule has 7 nitrogen and oxygen atoms in total. The molecule has 0 spiro atoms. The van der Waals surface area contributed by atoms with Crippen molar-refractivity contribution in [2.45, 2.75) is 18.9 Å². The molecule has 3 aromatic rings. The summed E-state index contributed by atoms with van der Waals surface area (Å²) < 4.78 is 7.30. The summed E-state index contributed by atoms with van der Waals surface area (Å²) in [4.78, 5) is 14.1. The van der Waals surface area contributed by atoms with Gasteiger partial charge in [-0.25, -0.2) is 9.97 Å². The number of ether oxygens (including phenoxy) is 1. The largest absolute Gasteiger partial charge is 0.488 e. The van der Waals surface area contributed by atoms with Gasteiger partial charge in [-0.15, -0.1) is 0 Å². The van der Waals surface area contributed by atoms with Gasteiger partial charge >= 0.3 is 0 Å². The summed E-state index contributed by atoms with van der Waals surface area (Å²) in [5.74, 6) is 1.38. The normalized spacial score (nSPS) is 18.1. The first-order chi connectivity index (χ1) is 15.7. The third kappa shape index (κ3) is 4.82. The topological polar surface area (TPSA) is 65.5 Å². The van der Waals surface area contributed by atoms with Crippen LogP contribution >= 0.6 is 15.9 Å². The summed E-state index contributed by atoms with van der Waals surface area (Å²) in [6.45, 7) is 6.30. The van der Waals surface area contributed by atoms with Gasteiger partial charge in [0.25, 0.3) is 0 Å². The summed E-state index contributed by atoms with van der Waals surface area (Å²) in [7, 11) is 2.18. The molecule has 0 amide bonds. The molecule has 1 aromatic heterocycles. The minimum atomic E-state index is 0.217. The highest BCUT2D eigenvalue weighted by Gasteiger charge is 2.18. The zero-order valence-corrected chi connectivity index (χ0v) is 19.9. The molecule has 0 aliphatic carbocycles. The monoisotopic (exact) mass is 496 g/mol. The summed E-state index contributed by atoms with van der Waals surface area (Å²) in [6, 6.07) is 12.5. The summed E-state index contributed by atoms with van der Waals surface area (Å²) in [5.41, 5.74) is 3.05.